The van der Waals surface area contributed by atoms with Gasteiger partial charge >= 0.3 is 17.9 Å². The second-order valence-corrected chi connectivity index (χ2v) is 19.1. The van der Waals surface area contributed by atoms with E-state index in [2.05, 4.69) is 33.9 Å². The standard InChI is InChI=1S/C31H45Cl3O8Si/c1-22(42-43(7,8)30(4,5)6)13-12-16-28(36)40-23(2)19-29(37)41-24(3)26(38-20-25-14-10-9-11-15-25)17-18-27(35)39-21-31(32,33)34/h9-12,14-18,22-24,26H,13,19-21H2,1-8H3/b16-12+,18-17+/t22-,23+,24-,26+/m0/s1. The van der Waals surface area contributed by atoms with Gasteiger partial charge in [-0.15, -0.1) is 0 Å². The van der Waals surface area contributed by atoms with E-state index in [1.807, 2.05) is 37.3 Å². The smallest absolute Gasteiger partial charge is 0.330 e. The number of carbonyl (C=O) groups excluding carboxylic acids is 3. The molecule has 1 rings (SSSR count). The first-order valence-electron chi connectivity index (χ1n) is 14.1. The normalized spacial score (nSPS) is 15.6. The minimum absolute atomic E-state index is 0.0404. The van der Waals surface area contributed by atoms with Crippen LogP contribution >= 0.6 is 34.8 Å². The van der Waals surface area contributed by atoms with Crippen molar-refractivity contribution in [2.45, 2.75) is 107 Å². The van der Waals surface area contributed by atoms with Crippen molar-refractivity contribution in [2.24, 2.45) is 0 Å². The maximum atomic E-state index is 12.6. The summed E-state index contributed by atoms with van der Waals surface area (Å²) in [6.45, 7) is 15.9. The van der Waals surface area contributed by atoms with E-state index in [0.717, 1.165) is 11.6 Å². The minimum atomic E-state index is -1.91. The van der Waals surface area contributed by atoms with Gasteiger partial charge in [0.2, 0.25) is 3.79 Å². The van der Waals surface area contributed by atoms with Gasteiger partial charge in [-0.1, -0.05) is 92.0 Å². The highest BCUT2D eigenvalue weighted by Crippen LogP contribution is 2.37. The van der Waals surface area contributed by atoms with Crippen molar-refractivity contribution in [1.82, 2.24) is 0 Å². The fourth-order valence-corrected chi connectivity index (χ4v) is 5.03. The topological polar surface area (TPSA) is 97.4 Å². The van der Waals surface area contributed by atoms with E-state index in [0.29, 0.717) is 6.42 Å². The molecule has 1 aromatic rings. The molecule has 0 amide bonds. The van der Waals surface area contributed by atoms with E-state index in [9.17, 15) is 14.4 Å². The van der Waals surface area contributed by atoms with Crippen LogP contribution in [0.1, 0.15) is 59.9 Å². The zero-order chi connectivity index (χ0) is 32.8. The second-order valence-electron chi connectivity index (χ2n) is 11.8. The summed E-state index contributed by atoms with van der Waals surface area (Å²) in [5.41, 5.74) is 0.882. The van der Waals surface area contributed by atoms with Crippen molar-refractivity contribution in [3.8, 4) is 0 Å². The molecule has 0 aliphatic heterocycles. The Labute approximate surface area is 272 Å². The molecule has 0 saturated carbocycles. The predicted molar refractivity (Wildman–Crippen MR) is 173 cm³/mol. The van der Waals surface area contributed by atoms with Gasteiger partial charge in [-0.3, -0.25) is 4.79 Å². The number of halogens is 3. The highest BCUT2D eigenvalue weighted by Gasteiger charge is 2.38. The molecule has 0 unspecified atom stereocenters. The summed E-state index contributed by atoms with van der Waals surface area (Å²) in [4.78, 5) is 37.0. The molecule has 0 aromatic heterocycles. The van der Waals surface area contributed by atoms with E-state index >= 15 is 0 Å². The average molecular weight is 680 g/mol. The maximum Gasteiger partial charge on any atom is 0.330 e. The lowest BCUT2D eigenvalue weighted by molar-refractivity contribution is -0.159. The second kappa shape index (κ2) is 18.2. The Morgan fingerprint density at radius 3 is 2.12 bits per heavy atom. The molecule has 0 saturated heterocycles. The van der Waals surface area contributed by atoms with E-state index < -0.39 is 54.9 Å². The summed E-state index contributed by atoms with van der Waals surface area (Å²) in [5.74, 6) is -1.92. The third-order valence-electron chi connectivity index (χ3n) is 6.66. The van der Waals surface area contributed by atoms with Crippen molar-refractivity contribution in [3.05, 3.63) is 60.2 Å². The Hall–Kier alpha value is -1.88. The lowest BCUT2D eigenvalue weighted by Crippen LogP contribution is -2.43. The van der Waals surface area contributed by atoms with E-state index in [1.165, 1.54) is 12.2 Å². The summed E-state index contributed by atoms with van der Waals surface area (Å²) in [6.07, 6.45) is 3.61. The van der Waals surface area contributed by atoms with E-state index in [1.54, 1.807) is 19.9 Å². The number of rotatable bonds is 16. The summed E-state index contributed by atoms with van der Waals surface area (Å²) in [5, 5.41) is 0.0918. The highest BCUT2D eigenvalue weighted by atomic mass is 35.6. The van der Waals surface area contributed by atoms with Crippen LogP contribution in [0.2, 0.25) is 18.1 Å². The quantitative estimate of drug-likeness (QED) is 0.0578. The van der Waals surface area contributed by atoms with Crippen LogP contribution < -0.4 is 0 Å². The molecular formula is C31H45Cl3O8Si. The Balaban J connectivity index is 2.67. The Morgan fingerprint density at radius 1 is 0.907 bits per heavy atom. The number of benzene rings is 1. The largest absolute Gasteiger partial charge is 0.459 e. The van der Waals surface area contributed by atoms with Crippen LogP contribution in [0.3, 0.4) is 0 Å². The molecule has 0 N–H and O–H groups in total. The predicted octanol–water partition coefficient (Wildman–Crippen LogP) is 7.65. The first-order valence-corrected chi connectivity index (χ1v) is 18.1. The average Bonchev–Trinajstić information content (AvgIpc) is 2.86. The molecule has 0 fully saturated rings. The van der Waals surface area contributed by atoms with Crippen LogP contribution in [0.4, 0.5) is 0 Å². The van der Waals surface area contributed by atoms with Gasteiger partial charge in [0, 0.05) is 18.3 Å². The molecule has 0 aliphatic rings. The maximum absolute atomic E-state index is 12.6. The lowest BCUT2D eigenvalue weighted by Gasteiger charge is -2.38. The van der Waals surface area contributed by atoms with Crippen LogP contribution in [0.25, 0.3) is 0 Å². The Morgan fingerprint density at radius 2 is 1.53 bits per heavy atom. The molecule has 0 bridgehead atoms. The minimum Gasteiger partial charge on any atom is -0.459 e. The molecule has 8 nitrogen and oxygen atoms in total. The lowest BCUT2D eigenvalue weighted by atomic mass is 10.2. The van der Waals surface area contributed by atoms with Crippen LogP contribution in [0, 0.1) is 0 Å². The Bertz CT molecular complexity index is 1080. The molecule has 0 radical (unpaired) electrons. The zero-order valence-electron chi connectivity index (χ0n) is 26.2. The van der Waals surface area contributed by atoms with Crippen LogP contribution in [-0.2, 0) is 44.4 Å². The van der Waals surface area contributed by atoms with Crippen molar-refractivity contribution >= 4 is 61.0 Å². The number of carbonyl (C=O) groups is 3. The van der Waals surface area contributed by atoms with Gasteiger partial charge in [0.25, 0.3) is 0 Å². The van der Waals surface area contributed by atoms with Gasteiger partial charge in [-0.05, 0) is 57.0 Å². The third-order valence-corrected chi connectivity index (χ3v) is 11.6. The van der Waals surface area contributed by atoms with Crippen LogP contribution in [0.5, 0.6) is 0 Å². The molecule has 1 aromatic carbocycles. The van der Waals surface area contributed by atoms with Gasteiger partial charge in [0.05, 0.1) is 13.0 Å². The van der Waals surface area contributed by atoms with E-state index in [-0.39, 0.29) is 24.2 Å². The van der Waals surface area contributed by atoms with Crippen molar-refractivity contribution in [2.75, 3.05) is 6.61 Å². The number of esters is 3. The van der Waals surface area contributed by atoms with Crippen LogP contribution in [0.15, 0.2) is 54.6 Å². The fourth-order valence-electron chi connectivity index (χ4n) is 3.41. The van der Waals surface area contributed by atoms with Gasteiger partial charge < -0.3 is 23.4 Å². The molecular weight excluding hydrogens is 635 g/mol. The molecule has 43 heavy (non-hydrogen) atoms. The zero-order valence-corrected chi connectivity index (χ0v) is 29.5. The van der Waals surface area contributed by atoms with Gasteiger partial charge in [-0.2, -0.15) is 0 Å². The van der Waals surface area contributed by atoms with E-state index in [4.69, 9.17) is 58.2 Å². The summed E-state index contributed by atoms with van der Waals surface area (Å²) >= 11 is 16.9. The van der Waals surface area contributed by atoms with Gasteiger partial charge in [0.1, 0.15) is 24.9 Å². The highest BCUT2D eigenvalue weighted by molar-refractivity contribution is 6.74. The van der Waals surface area contributed by atoms with Crippen molar-refractivity contribution in [3.63, 3.8) is 0 Å². The first-order chi connectivity index (χ1) is 19.8. The molecule has 242 valence electrons. The molecule has 0 aliphatic carbocycles. The molecule has 12 heteroatoms. The monoisotopic (exact) mass is 678 g/mol. The summed E-state index contributed by atoms with van der Waals surface area (Å²) < 4.78 is 26.2. The number of hydrogen-bond donors (Lipinski definition) is 0. The summed E-state index contributed by atoms with van der Waals surface area (Å²) in [7, 11) is -1.91. The van der Waals surface area contributed by atoms with Gasteiger partial charge in [-0.25, -0.2) is 9.59 Å². The first kappa shape index (κ1) is 39.1. The molecule has 4 atom stereocenters. The molecule has 0 spiro atoms. The number of ether oxygens (including phenoxy) is 4. The third kappa shape index (κ3) is 17.3. The van der Waals surface area contributed by atoms with Gasteiger partial charge in [0.15, 0.2) is 8.32 Å². The Kier molecular flexibility index (Phi) is 16.5. The van der Waals surface area contributed by atoms with Crippen LogP contribution in [-0.4, -0.2) is 61.0 Å². The SMILES string of the molecule is C[C@H](CC(=O)O[C@@H](C)[C@@H](/C=C/C(=O)OCC(Cl)(Cl)Cl)OCc1ccccc1)OC(=O)/C=C/C[C@H](C)O[Si](C)(C)C(C)(C)C. The fraction of sp³-hybridized carbons (Fsp3) is 0.581. The summed E-state index contributed by atoms with van der Waals surface area (Å²) in [6, 6.07) is 9.35. The van der Waals surface area contributed by atoms with Crippen molar-refractivity contribution < 1.29 is 37.8 Å². The van der Waals surface area contributed by atoms with Crippen molar-refractivity contribution in [1.29, 1.82) is 0 Å². The molecule has 0 heterocycles. The number of alkyl halides is 3. The number of hydrogen-bond acceptors (Lipinski definition) is 8.